The Labute approximate surface area is 105 Å². The summed E-state index contributed by atoms with van der Waals surface area (Å²) in [6, 6.07) is 0. The number of carbonyl (C=O) groups excluding carboxylic acids is 1. The molecule has 0 saturated heterocycles. The van der Waals surface area contributed by atoms with Gasteiger partial charge in [0.2, 0.25) is 5.91 Å². The summed E-state index contributed by atoms with van der Waals surface area (Å²) >= 11 is 0. The van der Waals surface area contributed by atoms with Crippen molar-refractivity contribution in [2.75, 3.05) is 6.54 Å². The first kappa shape index (κ1) is 12.9. The summed E-state index contributed by atoms with van der Waals surface area (Å²) in [6.45, 7) is 2.94. The van der Waals surface area contributed by atoms with Gasteiger partial charge >= 0.3 is 0 Å². The zero-order chi connectivity index (χ0) is 12.3. The number of nitrogens with one attached hydrogen (secondary N) is 1. The first-order valence-corrected chi connectivity index (χ1v) is 7.15. The lowest BCUT2D eigenvalue weighted by Crippen LogP contribution is -2.53. The number of carbonyl (C=O) groups is 1. The fourth-order valence-corrected chi connectivity index (χ4v) is 3.26. The van der Waals surface area contributed by atoms with Gasteiger partial charge < -0.3 is 11.1 Å². The van der Waals surface area contributed by atoms with Crippen LogP contribution in [0.15, 0.2) is 0 Å². The number of hydrogen-bond donors (Lipinski definition) is 2. The fraction of sp³-hybridized carbons (Fsp3) is 0.929. The molecular formula is C14H26N2O. The molecule has 0 heterocycles. The highest BCUT2D eigenvalue weighted by atomic mass is 16.2. The number of hydrogen-bond acceptors (Lipinski definition) is 2. The van der Waals surface area contributed by atoms with Crippen molar-refractivity contribution in [3.8, 4) is 0 Å². The molecule has 1 amide bonds. The molecule has 0 aromatic carbocycles. The second-order valence-corrected chi connectivity index (χ2v) is 6.21. The summed E-state index contributed by atoms with van der Waals surface area (Å²) in [4.78, 5) is 12.2. The first-order chi connectivity index (χ1) is 8.13. The lowest BCUT2D eigenvalue weighted by molar-refractivity contribution is -0.129. The van der Waals surface area contributed by atoms with E-state index < -0.39 is 0 Å². The predicted molar refractivity (Wildman–Crippen MR) is 69.5 cm³/mol. The van der Waals surface area contributed by atoms with Crippen LogP contribution in [0.25, 0.3) is 0 Å². The molecule has 2 atom stereocenters. The summed E-state index contributed by atoms with van der Waals surface area (Å²) in [7, 11) is 0. The van der Waals surface area contributed by atoms with E-state index in [2.05, 4.69) is 12.2 Å². The molecular weight excluding hydrogens is 212 g/mol. The van der Waals surface area contributed by atoms with E-state index in [0.29, 0.717) is 11.8 Å². The second-order valence-electron chi connectivity index (χ2n) is 6.21. The van der Waals surface area contributed by atoms with Gasteiger partial charge in [0.1, 0.15) is 0 Å². The predicted octanol–water partition coefficient (Wildman–Crippen LogP) is 2.20. The van der Waals surface area contributed by atoms with E-state index in [1.165, 1.54) is 19.3 Å². The van der Waals surface area contributed by atoms with Gasteiger partial charge in [-0.1, -0.05) is 12.8 Å². The Morgan fingerprint density at radius 1 is 1.35 bits per heavy atom. The fourth-order valence-electron chi connectivity index (χ4n) is 3.26. The van der Waals surface area contributed by atoms with Crippen LogP contribution in [0, 0.1) is 11.8 Å². The van der Waals surface area contributed by atoms with Crippen molar-refractivity contribution in [2.24, 2.45) is 17.6 Å². The molecule has 2 unspecified atom stereocenters. The molecule has 3 N–H and O–H groups in total. The molecule has 3 heteroatoms. The highest BCUT2D eigenvalue weighted by Gasteiger charge is 2.36. The van der Waals surface area contributed by atoms with Crippen LogP contribution in [0.1, 0.15) is 58.3 Å². The molecule has 2 fully saturated rings. The van der Waals surface area contributed by atoms with Crippen LogP contribution in [0.4, 0.5) is 0 Å². The van der Waals surface area contributed by atoms with Crippen LogP contribution in [0.5, 0.6) is 0 Å². The molecule has 2 rings (SSSR count). The lowest BCUT2D eigenvalue weighted by Gasteiger charge is -2.41. The number of rotatable bonds is 4. The minimum absolute atomic E-state index is 0.109. The summed E-state index contributed by atoms with van der Waals surface area (Å²) in [5.74, 6) is 1.23. The van der Waals surface area contributed by atoms with E-state index in [0.717, 1.165) is 38.6 Å². The molecule has 0 radical (unpaired) electrons. The Morgan fingerprint density at radius 3 is 2.71 bits per heavy atom. The van der Waals surface area contributed by atoms with Crippen LogP contribution < -0.4 is 11.1 Å². The zero-order valence-electron chi connectivity index (χ0n) is 11.0. The highest BCUT2D eigenvalue weighted by Crippen LogP contribution is 2.34. The van der Waals surface area contributed by atoms with E-state index in [1.54, 1.807) is 0 Å². The van der Waals surface area contributed by atoms with Crippen molar-refractivity contribution in [3.05, 3.63) is 0 Å². The van der Waals surface area contributed by atoms with E-state index in [1.807, 2.05) is 0 Å². The van der Waals surface area contributed by atoms with Crippen molar-refractivity contribution < 1.29 is 4.79 Å². The average molecular weight is 238 g/mol. The average Bonchev–Trinajstić information content (AvgIpc) is 2.28. The van der Waals surface area contributed by atoms with Gasteiger partial charge in [0.05, 0.1) is 0 Å². The van der Waals surface area contributed by atoms with Crippen LogP contribution in [-0.2, 0) is 4.79 Å². The van der Waals surface area contributed by atoms with Crippen molar-refractivity contribution in [1.29, 1.82) is 0 Å². The Balaban J connectivity index is 1.82. The monoisotopic (exact) mass is 238 g/mol. The molecule has 2 aliphatic rings. The van der Waals surface area contributed by atoms with Crippen LogP contribution >= 0.6 is 0 Å². The Hall–Kier alpha value is -0.570. The maximum Gasteiger partial charge on any atom is 0.223 e. The molecule has 0 aromatic heterocycles. The van der Waals surface area contributed by atoms with Crippen LogP contribution in [0.2, 0.25) is 0 Å². The van der Waals surface area contributed by atoms with Gasteiger partial charge in [0, 0.05) is 11.5 Å². The van der Waals surface area contributed by atoms with Gasteiger partial charge in [0.25, 0.3) is 0 Å². The van der Waals surface area contributed by atoms with Gasteiger partial charge in [0.15, 0.2) is 0 Å². The SMILES string of the molecule is CC1(NC(=O)C2CCCC(CCN)C2)CCC1. The summed E-state index contributed by atoms with van der Waals surface area (Å²) in [5.41, 5.74) is 5.72. The van der Waals surface area contributed by atoms with Gasteiger partial charge in [-0.25, -0.2) is 0 Å². The Bertz CT molecular complexity index is 271. The Morgan fingerprint density at radius 2 is 2.12 bits per heavy atom. The molecule has 17 heavy (non-hydrogen) atoms. The normalized spacial score (nSPS) is 31.6. The van der Waals surface area contributed by atoms with Gasteiger partial charge in [-0.15, -0.1) is 0 Å². The van der Waals surface area contributed by atoms with Crippen molar-refractivity contribution >= 4 is 5.91 Å². The van der Waals surface area contributed by atoms with E-state index >= 15 is 0 Å². The third-order valence-corrected chi connectivity index (χ3v) is 4.61. The second kappa shape index (κ2) is 5.38. The minimum Gasteiger partial charge on any atom is -0.351 e. The summed E-state index contributed by atoms with van der Waals surface area (Å²) in [6.07, 6.45) is 9.23. The molecule has 2 aliphatic carbocycles. The minimum atomic E-state index is 0.109. The van der Waals surface area contributed by atoms with Crippen molar-refractivity contribution in [3.63, 3.8) is 0 Å². The third kappa shape index (κ3) is 3.21. The number of amides is 1. The lowest BCUT2D eigenvalue weighted by atomic mass is 9.76. The first-order valence-electron chi connectivity index (χ1n) is 7.15. The zero-order valence-corrected chi connectivity index (χ0v) is 11.0. The van der Waals surface area contributed by atoms with Gasteiger partial charge in [-0.05, 0) is 57.9 Å². The largest absolute Gasteiger partial charge is 0.351 e. The summed E-state index contributed by atoms with van der Waals surface area (Å²) in [5, 5.41) is 3.25. The van der Waals surface area contributed by atoms with E-state index in [-0.39, 0.29) is 11.5 Å². The molecule has 0 aliphatic heterocycles. The topological polar surface area (TPSA) is 55.1 Å². The van der Waals surface area contributed by atoms with E-state index in [9.17, 15) is 4.79 Å². The molecule has 0 spiro atoms. The van der Waals surface area contributed by atoms with Crippen molar-refractivity contribution in [1.82, 2.24) is 5.32 Å². The van der Waals surface area contributed by atoms with Gasteiger partial charge in [-0.2, -0.15) is 0 Å². The maximum atomic E-state index is 12.2. The smallest absolute Gasteiger partial charge is 0.223 e. The quantitative estimate of drug-likeness (QED) is 0.789. The molecule has 98 valence electrons. The molecule has 0 aromatic rings. The summed E-state index contributed by atoms with van der Waals surface area (Å²) < 4.78 is 0. The maximum absolute atomic E-state index is 12.2. The van der Waals surface area contributed by atoms with Crippen molar-refractivity contribution in [2.45, 2.75) is 63.8 Å². The number of nitrogens with two attached hydrogens (primary N) is 1. The molecule has 2 saturated carbocycles. The standard InChI is InChI=1S/C14H26N2O/c1-14(7-3-8-14)16-13(17)12-5-2-4-11(10-12)6-9-15/h11-12H,2-10,15H2,1H3,(H,16,17). The van der Waals surface area contributed by atoms with Gasteiger partial charge in [-0.3, -0.25) is 4.79 Å². The third-order valence-electron chi connectivity index (χ3n) is 4.61. The Kier molecular flexibility index (Phi) is 4.08. The highest BCUT2D eigenvalue weighted by molar-refractivity contribution is 5.79. The molecule has 3 nitrogen and oxygen atoms in total. The van der Waals surface area contributed by atoms with E-state index in [4.69, 9.17) is 5.73 Å². The van der Waals surface area contributed by atoms with Crippen LogP contribution in [0.3, 0.4) is 0 Å². The van der Waals surface area contributed by atoms with Crippen LogP contribution in [-0.4, -0.2) is 18.0 Å². The molecule has 0 bridgehead atoms.